The van der Waals surface area contributed by atoms with E-state index < -0.39 is 5.82 Å². The number of benzene rings is 2. The van der Waals surface area contributed by atoms with E-state index in [0.717, 1.165) is 22.4 Å². The zero-order chi connectivity index (χ0) is 24.4. The average molecular weight is 480 g/mol. The molecule has 0 spiro atoms. The average Bonchev–Trinajstić information content (AvgIpc) is 3.22. The summed E-state index contributed by atoms with van der Waals surface area (Å²) < 4.78 is 15.0. The van der Waals surface area contributed by atoms with Gasteiger partial charge in [0.25, 0.3) is 5.91 Å². The molecule has 2 aromatic heterocycles. The molecule has 4 aromatic rings. The number of aryl methyl sites for hydroxylation is 2. The quantitative estimate of drug-likeness (QED) is 0.339. The van der Waals surface area contributed by atoms with E-state index in [1.807, 2.05) is 26.0 Å². The normalized spacial score (nSPS) is 10.8. The monoisotopic (exact) mass is 479 g/mol. The van der Waals surface area contributed by atoms with Crippen LogP contribution in [0.3, 0.4) is 0 Å². The van der Waals surface area contributed by atoms with E-state index in [0.29, 0.717) is 22.2 Å². The molecule has 0 aliphatic carbocycles. The fourth-order valence-electron chi connectivity index (χ4n) is 3.38. The number of rotatable bonds is 6. The lowest BCUT2D eigenvalue weighted by Gasteiger charge is -2.14. The van der Waals surface area contributed by atoms with Gasteiger partial charge >= 0.3 is 0 Å². The van der Waals surface area contributed by atoms with Gasteiger partial charge in [0.2, 0.25) is 5.95 Å². The van der Waals surface area contributed by atoms with Crippen LogP contribution < -0.4 is 10.6 Å². The van der Waals surface area contributed by atoms with Gasteiger partial charge < -0.3 is 15.5 Å². The van der Waals surface area contributed by atoms with Crippen LogP contribution in [0.25, 0.3) is 11.1 Å². The Morgan fingerprint density at radius 3 is 2.47 bits per heavy atom. The first-order valence-electron chi connectivity index (χ1n) is 10.4. The summed E-state index contributed by atoms with van der Waals surface area (Å²) in [7, 11) is 3.39. The van der Waals surface area contributed by atoms with Crippen molar-refractivity contribution in [3.8, 4) is 11.1 Å². The van der Waals surface area contributed by atoms with Crippen molar-refractivity contribution >= 4 is 40.8 Å². The Labute approximate surface area is 201 Å². The van der Waals surface area contributed by atoms with E-state index in [1.165, 1.54) is 17.2 Å². The third-order valence-corrected chi connectivity index (χ3v) is 5.38. The van der Waals surface area contributed by atoms with Crippen molar-refractivity contribution in [2.24, 2.45) is 0 Å². The maximum Gasteiger partial charge on any atom is 0.253 e. The number of halogens is 2. The second-order valence-electron chi connectivity index (χ2n) is 8.00. The first-order valence-corrected chi connectivity index (χ1v) is 10.8. The summed E-state index contributed by atoms with van der Waals surface area (Å²) >= 11 is 6.20. The molecule has 4 rings (SSSR count). The molecule has 2 aromatic carbocycles. The second kappa shape index (κ2) is 9.48. The molecule has 0 aliphatic heterocycles. The first-order chi connectivity index (χ1) is 16.2. The van der Waals surface area contributed by atoms with E-state index in [2.05, 4.69) is 30.8 Å². The number of aromatic nitrogens is 4. The van der Waals surface area contributed by atoms with E-state index in [4.69, 9.17) is 11.6 Å². The highest BCUT2D eigenvalue weighted by atomic mass is 35.5. The number of carbonyl (C=O) groups excluding carboxylic acids is 1. The zero-order valence-electron chi connectivity index (χ0n) is 19.1. The Kier molecular flexibility index (Phi) is 6.47. The van der Waals surface area contributed by atoms with Crippen LogP contribution in [0, 0.1) is 19.7 Å². The van der Waals surface area contributed by atoms with Crippen molar-refractivity contribution in [1.29, 1.82) is 0 Å². The van der Waals surface area contributed by atoms with Crippen molar-refractivity contribution in [2.75, 3.05) is 24.7 Å². The van der Waals surface area contributed by atoms with Crippen LogP contribution in [-0.2, 0) is 0 Å². The molecule has 0 aliphatic rings. The highest BCUT2D eigenvalue weighted by molar-refractivity contribution is 6.32. The van der Waals surface area contributed by atoms with Gasteiger partial charge in [-0.05, 0) is 54.8 Å². The summed E-state index contributed by atoms with van der Waals surface area (Å²) in [5.74, 6) is 0.510. The summed E-state index contributed by atoms with van der Waals surface area (Å²) in [5.41, 5.74) is 4.04. The van der Waals surface area contributed by atoms with Gasteiger partial charge in [0.05, 0.1) is 11.9 Å². The van der Waals surface area contributed by atoms with Crippen LogP contribution in [0.2, 0.25) is 5.02 Å². The van der Waals surface area contributed by atoms with Gasteiger partial charge in [0.15, 0.2) is 11.6 Å². The van der Waals surface area contributed by atoms with Crippen LogP contribution in [0.5, 0.6) is 0 Å². The topological polar surface area (TPSA) is 98.8 Å². The zero-order valence-corrected chi connectivity index (χ0v) is 19.8. The molecule has 10 heteroatoms. The second-order valence-corrected chi connectivity index (χ2v) is 8.41. The summed E-state index contributed by atoms with van der Waals surface area (Å²) in [4.78, 5) is 22.1. The number of hydrogen-bond donors (Lipinski definition) is 3. The number of carbonyl (C=O) groups is 1. The number of H-pyrrole nitrogens is 1. The van der Waals surface area contributed by atoms with Crippen molar-refractivity contribution in [2.45, 2.75) is 13.8 Å². The molecule has 0 atom stereocenters. The van der Waals surface area contributed by atoms with Gasteiger partial charge in [0.1, 0.15) is 10.8 Å². The number of anilines is 4. The first kappa shape index (κ1) is 23.2. The number of hydrogen-bond acceptors (Lipinski definition) is 6. The van der Waals surface area contributed by atoms with Crippen molar-refractivity contribution < 1.29 is 9.18 Å². The lowest BCUT2D eigenvalue weighted by Crippen LogP contribution is -2.21. The fraction of sp³-hybridized carbons (Fsp3) is 0.167. The van der Waals surface area contributed by atoms with Gasteiger partial charge in [-0.2, -0.15) is 10.1 Å². The molecular formula is C24H23ClFN7O. The largest absolute Gasteiger partial charge is 0.345 e. The molecule has 8 nitrogen and oxygen atoms in total. The third-order valence-electron chi connectivity index (χ3n) is 5.11. The Morgan fingerprint density at radius 2 is 1.82 bits per heavy atom. The molecule has 0 fully saturated rings. The molecule has 0 saturated heterocycles. The predicted octanol–water partition coefficient (Wildman–Crippen LogP) is 5.47. The third kappa shape index (κ3) is 4.99. The van der Waals surface area contributed by atoms with Gasteiger partial charge in [-0.1, -0.05) is 23.7 Å². The minimum Gasteiger partial charge on any atom is -0.345 e. The highest BCUT2D eigenvalue weighted by Gasteiger charge is 2.14. The Hall–Kier alpha value is -3.98. The van der Waals surface area contributed by atoms with Crippen LogP contribution in [0.1, 0.15) is 21.6 Å². The van der Waals surface area contributed by atoms with Gasteiger partial charge in [0, 0.05) is 31.4 Å². The Balaban J connectivity index is 1.57. The van der Waals surface area contributed by atoms with Crippen LogP contribution in [-0.4, -0.2) is 45.1 Å². The SMILES string of the molecule is Cc1cc(Nc2nc(Nc3cc(C)c(-c4ccc(C(=O)N(C)C)cc4)cc3F)ncc2Cl)n[nH]1. The molecule has 3 N–H and O–H groups in total. The van der Waals surface area contributed by atoms with Crippen LogP contribution in [0.4, 0.5) is 27.7 Å². The smallest absolute Gasteiger partial charge is 0.253 e. The van der Waals surface area contributed by atoms with E-state index in [-0.39, 0.29) is 17.5 Å². The summed E-state index contributed by atoms with van der Waals surface area (Å²) in [6.45, 7) is 3.76. The minimum atomic E-state index is -0.468. The van der Waals surface area contributed by atoms with E-state index >= 15 is 4.39 Å². The van der Waals surface area contributed by atoms with Gasteiger partial charge in [-0.3, -0.25) is 9.89 Å². The minimum absolute atomic E-state index is 0.0896. The molecular weight excluding hydrogens is 457 g/mol. The van der Waals surface area contributed by atoms with Crippen molar-refractivity contribution in [3.63, 3.8) is 0 Å². The van der Waals surface area contributed by atoms with Gasteiger partial charge in [-0.25, -0.2) is 9.37 Å². The highest BCUT2D eigenvalue weighted by Crippen LogP contribution is 2.31. The summed E-state index contributed by atoms with van der Waals surface area (Å²) in [5, 5.41) is 13.1. The lowest BCUT2D eigenvalue weighted by molar-refractivity contribution is 0.0827. The molecule has 174 valence electrons. The van der Waals surface area contributed by atoms with Gasteiger partial charge in [-0.15, -0.1) is 0 Å². The maximum absolute atomic E-state index is 15.0. The van der Waals surface area contributed by atoms with E-state index in [1.54, 1.807) is 38.4 Å². The Bertz CT molecular complexity index is 1350. The van der Waals surface area contributed by atoms with Crippen molar-refractivity contribution in [3.05, 3.63) is 76.3 Å². The van der Waals surface area contributed by atoms with Crippen LogP contribution >= 0.6 is 11.6 Å². The number of nitrogens with zero attached hydrogens (tertiary/aromatic N) is 4. The molecule has 34 heavy (non-hydrogen) atoms. The van der Waals surface area contributed by atoms with E-state index in [9.17, 15) is 4.79 Å². The molecule has 0 bridgehead atoms. The maximum atomic E-state index is 15.0. The van der Waals surface area contributed by atoms with Crippen LogP contribution in [0.15, 0.2) is 48.7 Å². The standard InChI is InChI=1S/C24H23ClFN7O/c1-13-9-20(19(26)11-17(13)15-5-7-16(8-6-15)23(34)33(3)4)28-24-27-12-18(25)22(30-24)29-21-10-14(2)31-32-21/h5-12H,1-4H3,(H3,27,28,29,30,31,32). The lowest BCUT2D eigenvalue weighted by atomic mass is 9.98. The number of amides is 1. The fourth-order valence-corrected chi connectivity index (χ4v) is 3.52. The molecule has 1 amide bonds. The Morgan fingerprint density at radius 1 is 1.09 bits per heavy atom. The van der Waals surface area contributed by atoms with Crippen molar-refractivity contribution in [1.82, 2.24) is 25.1 Å². The number of nitrogens with one attached hydrogen (secondary N) is 3. The molecule has 0 unspecified atom stereocenters. The molecule has 0 radical (unpaired) electrons. The number of aromatic amines is 1. The predicted molar refractivity (Wildman–Crippen MR) is 132 cm³/mol. The molecule has 2 heterocycles. The molecule has 0 saturated carbocycles. The summed E-state index contributed by atoms with van der Waals surface area (Å²) in [6.07, 6.45) is 1.43. The summed E-state index contributed by atoms with van der Waals surface area (Å²) in [6, 6.07) is 12.0.